The van der Waals surface area contributed by atoms with Crippen LogP contribution in [0.5, 0.6) is 0 Å². The highest BCUT2D eigenvalue weighted by atomic mass is 32.2. The molecule has 0 heterocycles. The number of thioether (sulfide) groups is 1. The molecule has 1 aliphatic carbocycles. The molecule has 3 rings (SSSR count). The number of fused-ring (bicyclic) bond motifs is 1. The van der Waals surface area contributed by atoms with Gasteiger partial charge in [0.1, 0.15) is 5.78 Å². The summed E-state index contributed by atoms with van der Waals surface area (Å²) in [7, 11) is 0. The monoisotopic (exact) mass is 242 g/mol. The summed E-state index contributed by atoms with van der Waals surface area (Å²) in [6.45, 7) is 0. The van der Waals surface area contributed by atoms with Gasteiger partial charge in [0, 0.05) is 23.0 Å². The molecule has 1 nitrogen and oxygen atoms in total. The number of hydrogen-bond acceptors (Lipinski definition) is 2. The zero-order chi connectivity index (χ0) is 11.7. The second-order valence-electron chi connectivity index (χ2n) is 4.53. The van der Waals surface area contributed by atoms with Gasteiger partial charge in [0.2, 0.25) is 0 Å². The van der Waals surface area contributed by atoms with Crippen molar-refractivity contribution in [2.24, 2.45) is 0 Å². The summed E-state index contributed by atoms with van der Waals surface area (Å²) < 4.78 is 0. The molecule has 2 heteroatoms. The predicted octanol–water partition coefficient (Wildman–Crippen LogP) is 4.05. The molecule has 1 saturated carbocycles. The van der Waals surface area contributed by atoms with Crippen LogP contribution >= 0.6 is 11.8 Å². The number of rotatable bonds is 2. The molecular formula is C15H14OS. The van der Waals surface area contributed by atoms with Crippen LogP contribution < -0.4 is 0 Å². The second kappa shape index (κ2) is 4.53. The zero-order valence-electron chi connectivity index (χ0n) is 9.56. The predicted molar refractivity (Wildman–Crippen MR) is 72.5 cm³/mol. The smallest absolute Gasteiger partial charge is 0.134 e. The highest BCUT2D eigenvalue weighted by Gasteiger charge is 2.22. The maximum atomic E-state index is 11.2. The van der Waals surface area contributed by atoms with Gasteiger partial charge in [-0.3, -0.25) is 4.79 Å². The van der Waals surface area contributed by atoms with Gasteiger partial charge in [-0.05, 0) is 29.3 Å². The second-order valence-corrected chi connectivity index (χ2v) is 5.90. The van der Waals surface area contributed by atoms with E-state index in [9.17, 15) is 4.79 Å². The van der Waals surface area contributed by atoms with Gasteiger partial charge in [-0.15, -0.1) is 11.8 Å². The standard InChI is InChI=1S/C15H14OS/c16-13-6-8-15(10-13)17-14-7-5-11-3-1-2-4-12(11)9-14/h1-5,7,9,15H,6,8,10H2/t15-/m1/s1. The molecule has 0 unspecified atom stereocenters. The van der Waals surface area contributed by atoms with Crippen molar-refractivity contribution in [2.45, 2.75) is 29.4 Å². The van der Waals surface area contributed by atoms with Crippen molar-refractivity contribution in [3.63, 3.8) is 0 Å². The fraction of sp³-hybridized carbons (Fsp3) is 0.267. The fourth-order valence-electron chi connectivity index (χ4n) is 2.31. The summed E-state index contributed by atoms with van der Waals surface area (Å²) in [5, 5.41) is 3.05. The number of benzene rings is 2. The van der Waals surface area contributed by atoms with Gasteiger partial charge in [0.25, 0.3) is 0 Å². The van der Waals surface area contributed by atoms with E-state index in [1.807, 2.05) is 11.8 Å². The molecular weight excluding hydrogens is 228 g/mol. The first-order valence-electron chi connectivity index (χ1n) is 5.98. The quantitative estimate of drug-likeness (QED) is 0.790. The van der Waals surface area contributed by atoms with Gasteiger partial charge in [0.15, 0.2) is 0 Å². The maximum absolute atomic E-state index is 11.2. The molecule has 0 N–H and O–H groups in total. The summed E-state index contributed by atoms with van der Waals surface area (Å²) in [5.74, 6) is 0.420. The molecule has 0 aromatic heterocycles. The first-order valence-corrected chi connectivity index (χ1v) is 6.86. The molecule has 0 spiro atoms. The van der Waals surface area contributed by atoms with E-state index in [4.69, 9.17) is 0 Å². The van der Waals surface area contributed by atoms with E-state index < -0.39 is 0 Å². The van der Waals surface area contributed by atoms with Gasteiger partial charge in [-0.1, -0.05) is 30.3 Å². The Kier molecular flexibility index (Phi) is 2.89. The Labute approximate surface area is 105 Å². The van der Waals surface area contributed by atoms with E-state index in [2.05, 4.69) is 42.5 Å². The van der Waals surface area contributed by atoms with Crippen LogP contribution in [-0.4, -0.2) is 11.0 Å². The minimum atomic E-state index is 0.420. The van der Waals surface area contributed by atoms with Gasteiger partial charge in [-0.2, -0.15) is 0 Å². The molecule has 0 bridgehead atoms. The molecule has 0 saturated heterocycles. The van der Waals surface area contributed by atoms with Crippen LogP contribution in [0.4, 0.5) is 0 Å². The lowest BCUT2D eigenvalue weighted by Crippen LogP contribution is -1.95. The van der Waals surface area contributed by atoms with Crippen LogP contribution in [0.1, 0.15) is 19.3 Å². The van der Waals surface area contributed by atoms with Crippen LogP contribution in [0.3, 0.4) is 0 Å². The minimum Gasteiger partial charge on any atom is -0.300 e. The highest BCUT2D eigenvalue weighted by molar-refractivity contribution is 8.00. The van der Waals surface area contributed by atoms with E-state index in [1.54, 1.807) is 0 Å². The van der Waals surface area contributed by atoms with Gasteiger partial charge in [0.05, 0.1) is 0 Å². The normalized spacial score (nSPS) is 20.0. The number of hydrogen-bond donors (Lipinski definition) is 0. The molecule has 2 aromatic carbocycles. The van der Waals surface area contributed by atoms with E-state index in [0.29, 0.717) is 11.0 Å². The Morgan fingerprint density at radius 1 is 1.06 bits per heavy atom. The Bertz CT molecular complexity index is 562. The largest absolute Gasteiger partial charge is 0.300 e. The third kappa shape index (κ3) is 2.37. The number of Topliss-reactive ketones (excluding diaryl/α,β-unsaturated/α-hetero) is 1. The third-order valence-electron chi connectivity index (χ3n) is 3.22. The number of carbonyl (C=O) groups excluding carboxylic acids is 1. The number of carbonyl (C=O) groups is 1. The maximum Gasteiger partial charge on any atom is 0.134 e. The Morgan fingerprint density at radius 3 is 2.65 bits per heavy atom. The van der Waals surface area contributed by atoms with Crippen molar-refractivity contribution in [3.05, 3.63) is 42.5 Å². The Morgan fingerprint density at radius 2 is 1.88 bits per heavy atom. The SMILES string of the molecule is O=C1CC[C@@H](Sc2ccc3ccccc3c2)C1. The van der Waals surface area contributed by atoms with Gasteiger partial charge < -0.3 is 0 Å². The molecule has 1 atom stereocenters. The molecule has 0 aliphatic heterocycles. The fourth-order valence-corrected chi connectivity index (χ4v) is 3.55. The molecule has 17 heavy (non-hydrogen) atoms. The van der Waals surface area contributed by atoms with Crippen LogP contribution in [-0.2, 0) is 4.79 Å². The molecule has 2 aromatic rings. The summed E-state index contributed by atoms with van der Waals surface area (Å²) in [6, 6.07) is 14.9. The van der Waals surface area contributed by atoms with Gasteiger partial charge >= 0.3 is 0 Å². The van der Waals surface area contributed by atoms with E-state index in [0.717, 1.165) is 19.3 Å². The topological polar surface area (TPSA) is 17.1 Å². The van der Waals surface area contributed by atoms with Crippen molar-refractivity contribution in [1.29, 1.82) is 0 Å². The van der Waals surface area contributed by atoms with E-state index >= 15 is 0 Å². The van der Waals surface area contributed by atoms with Crippen molar-refractivity contribution in [2.75, 3.05) is 0 Å². The van der Waals surface area contributed by atoms with Crippen molar-refractivity contribution in [3.8, 4) is 0 Å². The lowest BCUT2D eigenvalue weighted by atomic mass is 10.1. The van der Waals surface area contributed by atoms with E-state index in [-0.39, 0.29) is 0 Å². The third-order valence-corrected chi connectivity index (χ3v) is 4.49. The zero-order valence-corrected chi connectivity index (χ0v) is 10.4. The van der Waals surface area contributed by atoms with Crippen molar-refractivity contribution in [1.82, 2.24) is 0 Å². The van der Waals surface area contributed by atoms with Crippen LogP contribution in [0, 0.1) is 0 Å². The van der Waals surface area contributed by atoms with Crippen molar-refractivity contribution >= 4 is 28.3 Å². The molecule has 1 aliphatic rings. The first-order chi connectivity index (χ1) is 8.31. The van der Waals surface area contributed by atoms with E-state index in [1.165, 1.54) is 15.7 Å². The molecule has 86 valence electrons. The lowest BCUT2D eigenvalue weighted by Gasteiger charge is -2.08. The van der Waals surface area contributed by atoms with Crippen molar-refractivity contribution < 1.29 is 4.79 Å². The lowest BCUT2D eigenvalue weighted by molar-refractivity contribution is -0.117. The highest BCUT2D eigenvalue weighted by Crippen LogP contribution is 2.34. The Balaban J connectivity index is 1.83. The summed E-state index contributed by atoms with van der Waals surface area (Å²) in [6.07, 6.45) is 2.55. The summed E-state index contributed by atoms with van der Waals surface area (Å²) >= 11 is 1.85. The molecule has 1 fully saturated rings. The first kappa shape index (κ1) is 10.8. The molecule has 0 radical (unpaired) electrons. The van der Waals surface area contributed by atoms with Crippen LogP contribution in [0.25, 0.3) is 10.8 Å². The Hall–Kier alpha value is -1.28. The average Bonchev–Trinajstić information content (AvgIpc) is 2.75. The summed E-state index contributed by atoms with van der Waals surface area (Å²) in [4.78, 5) is 12.5. The summed E-state index contributed by atoms with van der Waals surface area (Å²) in [5.41, 5.74) is 0. The average molecular weight is 242 g/mol. The van der Waals surface area contributed by atoms with Crippen LogP contribution in [0.15, 0.2) is 47.4 Å². The van der Waals surface area contributed by atoms with Crippen LogP contribution in [0.2, 0.25) is 0 Å². The minimum absolute atomic E-state index is 0.420. The number of ketones is 1. The molecule has 0 amide bonds. The van der Waals surface area contributed by atoms with Gasteiger partial charge in [-0.25, -0.2) is 0 Å².